The summed E-state index contributed by atoms with van der Waals surface area (Å²) in [5, 5.41) is 4.39. The molecule has 4 heteroatoms. The molecule has 1 saturated carbocycles. The molecular weight excluding hydrogens is 256 g/mol. The van der Waals surface area contributed by atoms with E-state index in [-0.39, 0.29) is 5.56 Å². The maximum atomic E-state index is 12.4. The van der Waals surface area contributed by atoms with Crippen LogP contribution in [-0.2, 0) is 0 Å². The lowest BCUT2D eigenvalue weighted by Gasteiger charge is -2.28. The molecule has 0 saturated heterocycles. The van der Waals surface area contributed by atoms with E-state index in [0.717, 1.165) is 29.5 Å². The SMILES string of the molecule is CCNC1CCC(n2sc3ccccc3c2=O)CC1. The van der Waals surface area contributed by atoms with Gasteiger partial charge in [0.25, 0.3) is 5.56 Å². The summed E-state index contributed by atoms with van der Waals surface area (Å²) in [4.78, 5) is 12.4. The fourth-order valence-electron chi connectivity index (χ4n) is 3.03. The van der Waals surface area contributed by atoms with Gasteiger partial charge in [-0.2, -0.15) is 0 Å². The summed E-state index contributed by atoms with van der Waals surface area (Å²) < 4.78 is 3.12. The second kappa shape index (κ2) is 5.47. The quantitative estimate of drug-likeness (QED) is 0.934. The molecule has 3 rings (SSSR count). The van der Waals surface area contributed by atoms with Crippen molar-refractivity contribution in [3.05, 3.63) is 34.6 Å². The molecule has 2 aromatic rings. The predicted molar refractivity (Wildman–Crippen MR) is 81.1 cm³/mol. The summed E-state index contributed by atoms with van der Waals surface area (Å²) >= 11 is 1.63. The maximum Gasteiger partial charge on any atom is 0.268 e. The molecule has 102 valence electrons. The Morgan fingerprint density at radius 3 is 2.68 bits per heavy atom. The van der Waals surface area contributed by atoms with Gasteiger partial charge in [-0.3, -0.25) is 8.75 Å². The molecule has 0 aliphatic heterocycles. The summed E-state index contributed by atoms with van der Waals surface area (Å²) in [6.07, 6.45) is 4.59. The van der Waals surface area contributed by atoms with E-state index in [9.17, 15) is 4.79 Å². The Hall–Kier alpha value is -1.13. The standard InChI is InChI=1S/C15H20N2OS/c1-2-16-11-7-9-12(10-8-11)17-15(18)13-5-3-4-6-14(13)19-17/h3-6,11-12,16H,2,7-10H2,1H3. The van der Waals surface area contributed by atoms with Gasteiger partial charge in [0.15, 0.2) is 0 Å². The molecule has 3 nitrogen and oxygen atoms in total. The number of nitrogens with zero attached hydrogens (tertiary/aromatic N) is 1. The number of aromatic nitrogens is 1. The van der Waals surface area contributed by atoms with E-state index >= 15 is 0 Å². The molecule has 1 fully saturated rings. The topological polar surface area (TPSA) is 34.0 Å². The number of hydrogen-bond acceptors (Lipinski definition) is 3. The second-order valence-electron chi connectivity index (χ2n) is 5.28. The van der Waals surface area contributed by atoms with Crippen LogP contribution in [-0.4, -0.2) is 16.5 Å². The van der Waals surface area contributed by atoms with Crippen LogP contribution < -0.4 is 10.9 Å². The third-order valence-electron chi connectivity index (χ3n) is 4.04. The van der Waals surface area contributed by atoms with Crippen molar-refractivity contribution >= 4 is 21.6 Å². The summed E-state index contributed by atoms with van der Waals surface area (Å²) in [6.45, 7) is 3.20. The van der Waals surface area contributed by atoms with Crippen molar-refractivity contribution in [2.75, 3.05) is 6.54 Å². The third kappa shape index (κ3) is 2.47. The van der Waals surface area contributed by atoms with Gasteiger partial charge < -0.3 is 5.32 Å². The molecule has 0 unspecified atom stereocenters. The van der Waals surface area contributed by atoms with Crippen LogP contribution >= 0.6 is 11.5 Å². The lowest BCUT2D eigenvalue weighted by molar-refractivity contribution is 0.302. The fourth-order valence-corrected chi connectivity index (χ4v) is 4.18. The smallest absolute Gasteiger partial charge is 0.268 e. The van der Waals surface area contributed by atoms with Gasteiger partial charge in [-0.25, -0.2) is 0 Å². The van der Waals surface area contributed by atoms with E-state index in [2.05, 4.69) is 12.2 Å². The molecule has 1 N–H and O–H groups in total. The summed E-state index contributed by atoms with van der Waals surface area (Å²) in [7, 11) is 0. The van der Waals surface area contributed by atoms with E-state index in [1.165, 1.54) is 12.8 Å². The summed E-state index contributed by atoms with van der Waals surface area (Å²) in [6, 6.07) is 8.98. The van der Waals surface area contributed by atoms with Crippen LogP contribution in [0.15, 0.2) is 29.1 Å². The number of nitrogens with one attached hydrogen (secondary N) is 1. The zero-order chi connectivity index (χ0) is 13.2. The molecule has 0 bridgehead atoms. The molecule has 0 radical (unpaired) electrons. The number of rotatable bonds is 3. The van der Waals surface area contributed by atoms with Crippen LogP contribution in [0, 0.1) is 0 Å². The van der Waals surface area contributed by atoms with Crippen LogP contribution in [0.3, 0.4) is 0 Å². The Balaban J connectivity index is 1.82. The molecular formula is C15H20N2OS. The van der Waals surface area contributed by atoms with Gasteiger partial charge in [-0.1, -0.05) is 30.6 Å². The van der Waals surface area contributed by atoms with Crippen molar-refractivity contribution in [1.29, 1.82) is 0 Å². The van der Waals surface area contributed by atoms with Crippen LogP contribution in [0.1, 0.15) is 38.6 Å². The normalized spacial score (nSPS) is 23.8. The van der Waals surface area contributed by atoms with Gasteiger partial charge >= 0.3 is 0 Å². The highest BCUT2D eigenvalue weighted by Gasteiger charge is 2.24. The Bertz CT molecular complexity index is 608. The highest BCUT2D eigenvalue weighted by atomic mass is 32.1. The van der Waals surface area contributed by atoms with E-state index in [1.807, 2.05) is 28.2 Å². The van der Waals surface area contributed by atoms with Crippen molar-refractivity contribution in [3.8, 4) is 0 Å². The van der Waals surface area contributed by atoms with Crippen molar-refractivity contribution < 1.29 is 0 Å². The average Bonchev–Trinajstić information content (AvgIpc) is 2.78. The van der Waals surface area contributed by atoms with Crippen LogP contribution in [0.5, 0.6) is 0 Å². The van der Waals surface area contributed by atoms with Gasteiger partial charge in [0.1, 0.15) is 0 Å². The summed E-state index contributed by atoms with van der Waals surface area (Å²) in [5.41, 5.74) is 0.201. The molecule has 19 heavy (non-hydrogen) atoms. The second-order valence-corrected chi connectivity index (χ2v) is 6.30. The van der Waals surface area contributed by atoms with E-state index in [1.54, 1.807) is 11.5 Å². The molecule has 1 heterocycles. The van der Waals surface area contributed by atoms with Crippen LogP contribution in [0.4, 0.5) is 0 Å². The molecule has 1 aliphatic carbocycles. The highest BCUT2D eigenvalue weighted by molar-refractivity contribution is 7.13. The Labute approximate surface area is 117 Å². The van der Waals surface area contributed by atoms with Gasteiger partial charge in [-0.05, 0) is 44.4 Å². The first kappa shape index (κ1) is 12.9. The Kier molecular flexibility index (Phi) is 3.71. The zero-order valence-corrected chi connectivity index (χ0v) is 12.1. The van der Waals surface area contributed by atoms with E-state index in [4.69, 9.17) is 0 Å². The zero-order valence-electron chi connectivity index (χ0n) is 11.3. The highest BCUT2D eigenvalue weighted by Crippen LogP contribution is 2.30. The van der Waals surface area contributed by atoms with Crippen LogP contribution in [0.2, 0.25) is 0 Å². The molecule has 1 aromatic carbocycles. The van der Waals surface area contributed by atoms with Gasteiger partial charge in [-0.15, -0.1) is 0 Å². The van der Waals surface area contributed by atoms with Crippen LogP contribution in [0.25, 0.3) is 10.1 Å². The molecule has 0 amide bonds. The first-order valence-corrected chi connectivity index (χ1v) is 7.91. The monoisotopic (exact) mass is 276 g/mol. The summed E-state index contributed by atoms with van der Waals surface area (Å²) in [5.74, 6) is 0. The first-order chi connectivity index (χ1) is 9.29. The minimum atomic E-state index is 0.201. The van der Waals surface area contributed by atoms with Crippen molar-refractivity contribution in [1.82, 2.24) is 9.27 Å². The average molecular weight is 276 g/mol. The molecule has 0 atom stereocenters. The van der Waals surface area contributed by atoms with E-state index in [0.29, 0.717) is 12.1 Å². The van der Waals surface area contributed by atoms with E-state index < -0.39 is 0 Å². The molecule has 1 aliphatic rings. The number of hydrogen-bond donors (Lipinski definition) is 1. The Morgan fingerprint density at radius 2 is 2.00 bits per heavy atom. The van der Waals surface area contributed by atoms with Gasteiger partial charge in [0.05, 0.1) is 10.1 Å². The van der Waals surface area contributed by atoms with Gasteiger partial charge in [0, 0.05) is 12.1 Å². The van der Waals surface area contributed by atoms with Crippen molar-refractivity contribution in [3.63, 3.8) is 0 Å². The third-order valence-corrected chi connectivity index (χ3v) is 5.25. The largest absolute Gasteiger partial charge is 0.314 e. The van der Waals surface area contributed by atoms with Gasteiger partial charge in [0.2, 0.25) is 0 Å². The predicted octanol–water partition coefficient (Wildman–Crippen LogP) is 3.16. The minimum absolute atomic E-state index is 0.201. The maximum absolute atomic E-state index is 12.4. The minimum Gasteiger partial charge on any atom is -0.314 e. The van der Waals surface area contributed by atoms with Crippen molar-refractivity contribution in [2.24, 2.45) is 0 Å². The number of benzene rings is 1. The number of fused-ring (bicyclic) bond motifs is 1. The fraction of sp³-hybridized carbons (Fsp3) is 0.533. The molecule has 1 aromatic heterocycles. The molecule has 0 spiro atoms. The Morgan fingerprint density at radius 1 is 1.26 bits per heavy atom. The van der Waals surface area contributed by atoms with Crippen molar-refractivity contribution in [2.45, 2.75) is 44.7 Å². The first-order valence-electron chi connectivity index (χ1n) is 7.13. The lowest BCUT2D eigenvalue weighted by atomic mass is 9.91. The lowest BCUT2D eigenvalue weighted by Crippen LogP contribution is -2.34.